The minimum absolute atomic E-state index is 0.493. The fourth-order valence-electron chi connectivity index (χ4n) is 2.92. The highest BCUT2D eigenvalue weighted by Crippen LogP contribution is 2.32. The standard InChI is InChI=1S/C17H18ClN5OS/c18-14-4-2-1-3-13(14)16-21-22-17(25-16)20-10-12-9-15(23-24-12)11-5-7-19-8-6-11/h1-4,9,11,19H,5-8,10H2,(H,20,22). The predicted octanol–water partition coefficient (Wildman–Crippen LogP) is 3.93. The fraction of sp³-hybridized carbons (Fsp3) is 0.353. The molecule has 4 rings (SSSR count). The number of hydrogen-bond acceptors (Lipinski definition) is 7. The van der Waals surface area contributed by atoms with Gasteiger partial charge in [0, 0.05) is 17.5 Å². The normalized spacial score (nSPS) is 15.4. The first-order valence-corrected chi connectivity index (χ1v) is 9.47. The summed E-state index contributed by atoms with van der Waals surface area (Å²) in [6.45, 7) is 2.62. The van der Waals surface area contributed by atoms with Gasteiger partial charge in [-0.15, -0.1) is 10.2 Å². The van der Waals surface area contributed by atoms with Gasteiger partial charge in [0.2, 0.25) is 5.13 Å². The second-order valence-corrected chi connectivity index (χ2v) is 7.37. The molecule has 0 radical (unpaired) electrons. The van der Waals surface area contributed by atoms with E-state index in [0.29, 0.717) is 17.5 Å². The topological polar surface area (TPSA) is 75.9 Å². The molecule has 1 aromatic carbocycles. The summed E-state index contributed by atoms with van der Waals surface area (Å²) in [6.07, 6.45) is 2.22. The van der Waals surface area contributed by atoms with Crippen LogP contribution >= 0.6 is 22.9 Å². The number of benzene rings is 1. The van der Waals surface area contributed by atoms with Crippen LogP contribution in [0, 0.1) is 0 Å². The lowest BCUT2D eigenvalue weighted by atomic mass is 9.95. The van der Waals surface area contributed by atoms with Crippen LogP contribution in [0.5, 0.6) is 0 Å². The summed E-state index contributed by atoms with van der Waals surface area (Å²) in [5.41, 5.74) is 1.94. The van der Waals surface area contributed by atoms with Crippen LogP contribution < -0.4 is 10.6 Å². The number of anilines is 1. The molecular weight excluding hydrogens is 358 g/mol. The summed E-state index contributed by atoms with van der Waals surface area (Å²) < 4.78 is 5.45. The molecule has 0 bridgehead atoms. The molecule has 2 N–H and O–H groups in total. The Morgan fingerprint density at radius 3 is 2.92 bits per heavy atom. The van der Waals surface area contributed by atoms with E-state index in [0.717, 1.165) is 53.1 Å². The summed E-state index contributed by atoms with van der Waals surface area (Å²) in [7, 11) is 0. The molecule has 0 unspecified atom stereocenters. The zero-order valence-corrected chi connectivity index (χ0v) is 15.1. The Bertz CT molecular complexity index is 843. The van der Waals surface area contributed by atoms with E-state index in [1.54, 1.807) is 0 Å². The number of hydrogen-bond donors (Lipinski definition) is 2. The highest BCUT2D eigenvalue weighted by molar-refractivity contribution is 7.18. The summed E-state index contributed by atoms with van der Waals surface area (Å²) in [5.74, 6) is 1.30. The number of piperidine rings is 1. The Morgan fingerprint density at radius 2 is 2.08 bits per heavy atom. The second-order valence-electron chi connectivity index (χ2n) is 5.99. The summed E-state index contributed by atoms with van der Waals surface area (Å²) >= 11 is 7.67. The van der Waals surface area contributed by atoms with Gasteiger partial charge in [-0.1, -0.05) is 46.3 Å². The molecular formula is C17H18ClN5OS. The molecule has 1 saturated heterocycles. The van der Waals surface area contributed by atoms with Gasteiger partial charge in [0.1, 0.15) is 0 Å². The van der Waals surface area contributed by atoms with Crippen molar-refractivity contribution in [3.8, 4) is 10.6 Å². The summed E-state index contributed by atoms with van der Waals surface area (Å²) in [5, 5.41) is 21.4. The maximum Gasteiger partial charge on any atom is 0.206 e. The number of nitrogens with zero attached hydrogens (tertiary/aromatic N) is 3. The first-order valence-electron chi connectivity index (χ1n) is 8.28. The van der Waals surface area contributed by atoms with Crippen LogP contribution in [-0.2, 0) is 6.54 Å². The Kier molecular flexibility index (Phi) is 4.96. The first kappa shape index (κ1) is 16.5. The first-order chi connectivity index (χ1) is 12.3. The molecule has 0 amide bonds. The largest absolute Gasteiger partial charge is 0.359 e. The van der Waals surface area contributed by atoms with Gasteiger partial charge in [0.05, 0.1) is 17.3 Å². The molecule has 1 aliphatic heterocycles. The highest BCUT2D eigenvalue weighted by Gasteiger charge is 2.19. The van der Waals surface area contributed by atoms with Crippen LogP contribution in [0.25, 0.3) is 10.6 Å². The maximum atomic E-state index is 6.21. The molecule has 0 aliphatic carbocycles. The molecule has 3 heterocycles. The van der Waals surface area contributed by atoms with Crippen molar-refractivity contribution in [2.45, 2.75) is 25.3 Å². The van der Waals surface area contributed by atoms with Crippen molar-refractivity contribution in [2.24, 2.45) is 0 Å². The van der Waals surface area contributed by atoms with Gasteiger partial charge in [0.25, 0.3) is 0 Å². The lowest BCUT2D eigenvalue weighted by molar-refractivity contribution is 0.365. The number of halogens is 1. The van der Waals surface area contributed by atoms with Crippen molar-refractivity contribution in [1.29, 1.82) is 0 Å². The molecule has 1 fully saturated rings. The van der Waals surface area contributed by atoms with Crippen LogP contribution in [0.3, 0.4) is 0 Å². The average Bonchev–Trinajstić information content (AvgIpc) is 3.31. The molecule has 3 aromatic rings. The third kappa shape index (κ3) is 3.84. The predicted molar refractivity (Wildman–Crippen MR) is 99.0 cm³/mol. The van der Waals surface area contributed by atoms with Crippen LogP contribution in [0.15, 0.2) is 34.9 Å². The van der Waals surface area contributed by atoms with E-state index in [-0.39, 0.29) is 0 Å². The second kappa shape index (κ2) is 7.51. The molecule has 1 aliphatic rings. The van der Waals surface area contributed by atoms with E-state index in [4.69, 9.17) is 16.1 Å². The molecule has 25 heavy (non-hydrogen) atoms. The smallest absolute Gasteiger partial charge is 0.206 e. The third-order valence-electron chi connectivity index (χ3n) is 4.28. The SMILES string of the molecule is Clc1ccccc1-c1nnc(NCc2cc(C3CCNCC3)no2)s1. The van der Waals surface area contributed by atoms with Gasteiger partial charge in [-0.05, 0) is 32.0 Å². The van der Waals surface area contributed by atoms with Crippen LogP contribution in [0.1, 0.15) is 30.2 Å². The molecule has 6 nitrogen and oxygen atoms in total. The zero-order chi connectivity index (χ0) is 17.1. The van der Waals surface area contributed by atoms with E-state index < -0.39 is 0 Å². The van der Waals surface area contributed by atoms with Crippen LogP contribution in [-0.4, -0.2) is 28.4 Å². The number of rotatable bonds is 5. The van der Waals surface area contributed by atoms with E-state index in [2.05, 4.69) is 26.0 Å². The molecule has 0 atom stereocenters. The Hall–Kier alpha value is -1.96. The van der Waals surface area contributed by atoms with Crippen LogP contribution in [0.2, 0.25) is 5.02 Å². The van der Waals surface area contributed by atoms with E-state index in [1.807, 2.05) is 30.3 Å². The van der Waals surface area contributed by atoms with Gasteiger partial charge in [0.15, 0.2) is 10.8 Å². The van der Waals surface area contributed by atoms with Gasteiger partial charge >= 0.3 is 0 Å². The number of nitrogens with one attached hydrogen (secondary N) is 2. The summed E-state index contributed by atoms with van der Waals surface area (Å²) in [6, 6.07) is 9.66. The average molecular weight is 376 g/mol. The highest BCUT2D eigenvalue weighted by atomic mass is 35.5. The third-order valence-corrected chi connectivity index (χ3v) is 5.52. The quantitative estimate of drug-likeness (QED) is 0.703. The van der Waals surface area contributed by atoms with Crippen LogP contribution in [0.4, 0.5) is 5.13 Å². The lowest BCUT2D eigenvalue weighted by Gasteiger charge is -2.19. The molecule has 0 saturated carbocycles. The minimum atomic E-state index is 0.493. The zero-order valence-electron chi connectivity index (χ0n) is 13.5. The van der Waals surface area contributed by atoms with Crippen molar-refractivity contribution < 1.29 is 4.52 Å². The van der Waals surface area contributed by atoms with Crippen molar-refractivity contribution in [3.05, 3.63) is 46.8 Å². The number of aromatic nitrogens is 3. The fourth-order valence-corrected chi connectivity index (χ4v) is 3.98. The summed E-state index contributed by atoms with van der Waals surface area (Å²) in [4.78, 5) is 0. The monoisotopic (exact) mass is 375 g/mol. The molecule has 2 aromatic heterocycles. The van der Waals surface area contributed by atoms with Crippen molar-refractivity contribution in [3.63, 3.8) is 0 Å². The van der Waals surface area contributed by atoms with Gasteiger partial charge in [-0.25, -0.2) is 0 Å². The van der Waals surface area contributed by atoms with Gasteiger partial charge < -0.3 is 15.2 Å². The van der Waals surface area contributed by atoms with Crippen molar-refractivity contribution in [1.82, 2.24) is 20.7 Å². The van der Waals surface area contributed by atoms with E-state index in [1.165, 1.54) is 11.3 Å². The Morgan fingerprint density at radius 1 is 1.24 bits per heavy atom. The van der Waals surface area contributed by atoms with E-state index >= 15 is 0 Å². The molecule has 130 valence electrons. The van der Waals surface area contributed by atoms with Crippen molar-refractivity contribution in [2.75, 3.05) is 18.4 Å². The Labute approximate surface area is 154 Å². The lowest BCUT2D eigenvalue weighted by Crippen LogP contribution is -2.26. The van der Waals surface area contributed by atoms with Gasteiger partial charge in [-0.3, -0.25) is 0 Å². The Balaban J connectivity index is 1.39. The van der Waals surface area contributed by atoms with E-state index in [9.17, 15) is 0 Å². The minimum Gasteiger partial charge on any atom is -0.359 e. The maximum absolute atomic E-state index is 6.21. The molecule has 0 spiro atoms. The molecule has 8 heteroatoms. The van der Waals surface area contributed by atoms with Gasteiger partial charge in [-0.2, -0.15) is 0 Å². The van der Waals surface area contributed by atoms with Crippen molar-refractivity contribution >= 4 is 28.1 Å².